The summed E-state index contributed by atoms with van der Waals surface area (Å²) in [7, 11) is -2.61. The molecule has 1 aromatic carbocycles. The monoisotopic (exact) mass is 367 g/mol. The average molecular weight is 368 g/mol. The zero-order valence-corrected chi connectivity index (χ0v) is 14.8. The molecule has 0 aromatic heterocycles. The van der Waals surface area contributed by atoms with Gasteiger partial charge < -0.3 is 10.5 Å². The molecule has 0 aliphatic rings. The Morgan fingerprint density at radius 2 is 2.00 bits per heavy atom. The highest BCUT2D eigenvalue weighted by Gasteiger charge is 2.24. The number of benzene rings is 1. The van der Waals surface area contributed by atoms with E-state index in [2.05, 4.69) is 4.72 Å². The number of nitrogens with two attached hydrogens (primary N) is 1. The quantitative estimate of drug-likeness (QED) is 0.532. The first kappa shape index (κ1) is 21.6. The first-order chi connectivity index (χ1) is 10.2. The van der Waals surface area contributed by atoms with Crippen LogP contribution in [-0.4, -0.2) is 33.0 Å². The summed E-state index contributed by atoms with van der Waals surface area (Å²) < 4.78 is 32.0. The van der Waals surface area contributed by atoms with Crippen molar-refractivity contribution in [2.45, 2.75) is 31.2 Å². The van der Waals surface area contributed by atoms with Crippen LogP contribution in [0, 0.1) is 16.0 Å². The predicted molar refractivity (Wildman–Crippen MR) is 89.5 cm³/mol. The van der Waals surface area contributed by atoms with E-state index in [1.54, 1.807) is 0 Å². The third-order valence-corrected chi connectivity index (χ3v) is 4.54. The smallest absolute Gasteiger partial charge is 0.312 e. The van der Waals surface area contributed by atoms with Gasteiger partial charge in [0.05, 0.1) is 16.9 Å². The molecule has 1 unspecified atom stereocenters. The van der Waals surface area contributed by atoms with Crippen LogP contribution in [0.4, 0.5) is 5.69 Å². The number of methoxy groups -OCH3 is 1. The van der Waals surface area contributed by atoms with Crippen LogP contribution in [-0.2, 0) is 10.0 Å². The van der Waals surface area contributed by atoms with E-state index >= 15 is 0 Å². The van der Waals surface area contributed by atoms with E-state index in [0.717, 1.165) is 6.07 Å². The number of ether oxygens (including phenoxy) is 1. The molecule has 132 valence electrons. The lowest BCUT2D eigenvalue weighted by Gasteiger charge is -2.18. The summed E-state index contributed by atoms with van der Waals surface area (Å²) in [5.41, 5.74) is 5.17. The van der Waals surface area contributed by atoms with E-state index in [9.17, 15) is 18.5 Å². The van der Waals surface area contributed by atoms with E-state index in [0.29, 0.717) is 6.42 Å². The average Bonchev–Trinajstić information content (AvgIpc) is 2.44. The van der Waals surface area contributed by atoms with Crippen LogP contribution < -0.4 is 15.2 Å². The summed E-state index contributed by atoms with van der Waals surface area (Å²) >= 11 is 0. The zero-order chi connectivity index (χ0) is 16.9. The maximum atomic E-state index is 12.3. The Balaban J connectivity index is 0.00000484. The Morgan fingerprint density at radius 1 is 1.39 bits per heavy atom. The number of halogens is 1. The first-order valence-corrected chi connectivity index (χ1v) is 8.24. The van der Waals surface area contributed by atoms with Gasteiger partial charge in [0.1, 0.15) is 0 Å². The van der Waals surface area contributed by atoms with Gasteiger partial charge in [0.25, 0.3) is 0 Å². The van der Waals surface area contributed by atoms with Crippen molar-refractivity contribution in [2.24, 2.45) is 11.7 Å². The van der Waals surface area contributed by atoms with Gasteiger partial charge >= 0.3 is 5.69 Å². The van der Waals surface area contributed by atoms with Crippen molar-refractivity contribution in [1.29, 1.82) is 0 Å². The molecular formula is C13H22ClN3O5S. The number of nitro benzene ring substituents is 1. The summed E-state index contributed by atoms with van der Waals surface area (Å²) in [5.74, 6) is 0.267. The highest BCUT2D eigenvalue weighted by Crippen LogP contribution is 2.29. The maximum absolute atomic E-state index is 12.3. The molecule has 0 fully saturated rings. The summed E-state index contributed by atoms with van der Waals surface area (Å²) in [6, 6.07) is 3.07. The fourth-order valence-electron chi connectivity index (χ4n) is 2.03. The molecule has 10 heteroatoms. The maximum Gasteiger partial charge on any atom is 0.312 e. The second-order valence-electron chi connectivity index (χ2n) is 5.27. The van der Waals surface area contributed by atoms with E-state index < -0.39 is 26.7 Å². The molecule has 0 heterocycles. The van der Waals surface area contributed by atoms with Crippen LogP contribution in [0.15, 0.2) is 23.1 Å². The van der Waals surface area contributed by atoms with Crippen LogP contribution in [0.1, 0.15) is 20.3 Å². The van der Waals surface area contributed by atoms with Crippen molar-refractivity contribution in [3.63, 3.8) is 0 Å². The second-order valence-corrected chi connectivity index (χ2v) is 6.99. The normalized spacial score (nSPS) is 12.6. The van der Waals surface area contributed by atoms with Crippen molar-refractivity contribution in [3.05, 3.63) is 28.3 Å². The number of hydrogen-bond donors (Lipinski definition) is 2. The summed E-state index contributed by atoms with van der Waals surface area (Å²) in [6.07, 6.45) is 0.577. The van der Waals surface area contributed by atoms with Gasteiger partial charge in [-0.05, 0) is 24.5 Å². The third-order valence-electron chi connectivity index (χ3n) is 3.02. The Bertz CT molecular complexity index is 636. The lowest BCUT2D eigenvalue weighted by Crippen LogP contribution is -2.40. The molecule has 0 saturated heterocycles. The largest absolute Gasteiger partial charge is 0.490 e. The molecule has 0 spiro atoms. The first-order valence-electron chi connectivity index (χ1n) is 6.76. The van der Waals surface area contributed by atoms with E-state index in [1.807, 2.05) is 13.8 Å². The van der Waals surface area contributed by atoms with Gasteiger partial charge in [-0.25, -0.2) is 13.1 Å². The number of hydrogen-bond acceptors (Lipinski definition) is 6. The minimum atomic E-state index is -3.89. The Labute approximate surface area is 142 Å². The SMILES string of the molecule is COc1ccc(S(=O)(=O)NC(CN)CC(C)C)cc1[N+](=O)[O-].Cl. The van der Waals surface area contributed by atoms with E-state index in [1.165, 1.54) is 19.2 Å². The Morgan fingerprint density at radius 3 is 2.43 bits per heavy atom. The summed E-state index contributed by atoms with van der Waals surface area (Å²) in [6.45, 7) is 4.06. The second kappa shape index (κ2) is 9.02. The van der Waals surface area contributed by atoms with Gasteiger partial charge in [0, 0.05) is 18.7 Å². The van der Waals surface area contributed by atoms with Crippen molar-refractivity contribution in [1.82, 2.24) is 4.72 Å². The summed E-state index contributed by atoms with van der Waals surface area (Å²) in [4.78, 5) is 10.1. The topological polar surface area (TPSA) is 125 Å². The number of sulfonamides is 1. The minimum Gasteiger partial charge on any atom is -0.490 e. The minimum absolute atomic E-state index is 0. The van der Waals surface area contributed by atoms with Gasteiger partial charge in [-0.1, -0.05) is 13.8 Å². The molecule has 1 aromatic rings. The van der Waals surface area contributed by atoms with Gasteiger partial charge in [0.2, 0.25) is 10.0 Å². The zero-order valence-electron chi connectivity index (χ0n) is 13.2. The van der Waals surface area contributed by atoms with Crippen LogP contribution in [0.5, 0.6) is 5.75 Å². The van der Waals surface area contributed by atoms with Crippen molar-refractivity contribution >= 4 is 28.1 Å². The highest BCUT2D eigenvalue weighted by atomic mass is 35.5. The lowest BCUT2D eigenvalue weighted by atomic mass is 10.1. The predicted octanol–water partition coefficient (Wildman–Crippen LogP) is 1.68. The fraction of sp³-hybridized carbons (Fsp3) is 0.538. The molecule has 0 amide bonds. The molecule has 1 rings (SSSR count). The Hall–Kier alpha value is -1.42. The van der Waals surface area contributed by atoms with Crippen molar-refractivity contribution in [2.75, 3.05) is 13.7 Å². The number of nitrogens with one attached hydrogen (secondary N) is 1. The molecule has 0 bridgehead atoms. The number of rotatable bonds is 8. The van der Waals surface area contributed by atoms with Crippen molar-refractivity contribution in [3.8, 4) is 5.75 Å². The molecule has 0 aliphatic carbocycles. The standard InChI is InChI=1S/C13H21N3O5S.ClH/c1-9(2)6-10(8-14)15-22(19,20)11-4-5-13(21-3)12(7-11)16(17)18;/h4-5,7,9-10,15H,6,8,14H2,1-3H3;1H. The highest BCUT2D eigenvalue weighted by molar-refractivity contribution is 7.89. The molecule has 0 radical (unpaired) electrons. The molecule has 8 nitrogen and oxygen atoms in total. The number of nitrogens with zero attached hydrogens (tertiary/aromatic N) is 1. The summed E-state index contributed by atoms with van der Waals surface area (Å²) in [5, 5.41) is 11.0. The molecule has 0 saturated carbocycles. The molecule has 3 N–H and O–H groups in total. The lowest BCUT2D eigenvalue weighted by molar-refractivity contribution is -0.386. The number of nitro groups is 1. The molecule has 0 aliphatic heterocycles. The van der Waals surface area contributed by atoms with Gasteiger partial charge in [-0.2, -0.15) is 0 Å². The van der Waals surface area contributed by atoms with Gasteiger partial charge in [-0.3, -0.25) is 10.1 Å². The van der Waals surface area contributed by atoms with Crippen LogP contribution >= 0.6 is 12.4 Å². The van der Waals surface area contributed by atoms with E-state index in [4.69, 9.17) is 10.5 Å². The van der Waals surface area contributed by atoms with Gasteiger partial charge in [-0.15, -0.1) is 12.4 Å². The van der Waals surface area contributed by atoms with Gasteiger partial charge in [0.15, 0.2) is 5.75 Å². The van der Waals surface area contributed by atoms with Crippen molar-refractivity contribution < 1.29 is 18.1 Å². The van der Waals surface area contributed by atoms with Crippen LogP contribution in [0.3, 0.4) is 0 Å². The fourth-order valence-corrected chi connectivity index (χ4v) is 3.31. The third kappa shape index (κ3) is 5.94. The molecule has 23 heavy (non-hydrogen) atoms. The van der Waals surface area contributed by atoms with Crippen LogP contribution in [0.2, 0.25) is 0 Å². The van der Waals surface area contributed by atoms with E-state index in [-0.39, 0.29) is 35.5 Å². The molecule has 1 atom stereocenters. The molecular weight excluding hydrogens is 346 g/mol. The Kier molecular flexibility index (Phi) is 8.46. The van der Waals surface area contributed by atoms with Crippen LogP contribution in [0.25, 0.3) is 0 Å².